The third-order valence-electron chi connectivity index (χ3n) is 5.97. The molecule has 1 amide bonds. The second-order valence-electron chi connectivity index (χ2n) is 9.13. The molecule has 0 bridgehead atoms. The van der Waals surface area contributed by atoms with Gasteiger partial charge < -0.3 is 41.8 Å². The zero-order valence-corrected chi connectivity index (χ0v) is 22.6. The van der Waals surface area contributed by atoms with E-state index in [9.17, 15) is 10.1 Å². The van der Waals surface area contributed by atoms with Crippen LogP contribution in [0, 0.1) is 22.1 Å². The molecule has 15 heteroatoms. The lowest BCUT2D eigenvalue weighted by atomic mass is 10.0. The standard InChI is InChI=1S/C26H30N12O3/c1-4-15(32-24(28)29)19-22(39)35-20-21(34-19)36-26(41-18-8-6-5-7-16(18)33-25(30)31)37-23(20)40-14-10-9-13(12-27)17(11-14)38(2)3/h5-11,15,19H,4H2,1-3H3,(H,35,39)(H4,28,29,32)(H4,30,31,33)(H,34,36,37). The van der Waals surface area contributed by atoms with Crippen molar-refractivity contribution >= 4 is 41.1 Å². The Balaban J connectivity index is 1.77. The van der Waals surface area contributed by atoms with E-state index in [4.69, 9.17) is 31.8 Å². The number of ether oxygens (including phenoxy) is 2. The van der Waals surface area contributed by atoms with Crippen LogP contribution in [0.3, 0.4) is 0 Å². The first-order valence-corrected chi connectivity index (χ1v) is 12.5. The molecule has 0 radical (unpaired) electrons. The van der Waals surface area contributed by atoms with Gasteiger partial charge in [-0.3, -0.25) is 25.9 Å². The van der Waals surface area contributed by atoms with Crippen LogP contribution in [0.5, 0.6) is 11.5 Å². The summed E-state index contributed by atoms with van der Waals surface area (Å²) in [7, 11) is 3.60. The van der Waals surface area contributed by atoms with E-state index in [2.05, 4.69) is 37.3 Å². The Morgan fingerprint density at radius 3 is 2.59 bits per heavy atom. The van der Waals surface area contributed by atoms with E-state index in [1.807, 2.05) is 6.92 Å². The number of nitrogens with zero attached hydrogens (tertiary/aromatic N) is 4. The number of nitrogens with two attached hydrogens (primary N) is 2. The Hall–Kier alpha value is -5.78. The van der Waals surface area contributed by atoms with Gasteiger partial charge in [-0.1, -0.05) is 19.1 Å². The number of hydrogen-bond acceptors (Lipinski definition) is 10. The summed E-state index contributed by atoms with van der Waals surface area (Å²) in [5.41, 5.74) is 12.7. The zero-order valence-electron chi connectivity index (χ0n) is 22.6. The van der Waals surface area contributed by atoms with E-state index in [1.54, 1.807) is 61.5 Å². The lowest BCUT2D eigenvalue weighted by Gasteiger charge is -2.31. The second-order valence-corrected chi connectivity index (χ2v) is 9.13. The minimum absolute atomic E-state index is 0.0247. The number of amides is 1. The van der Waals surface area contributed by atoms with Crippen molar-refractivity contribution in [2.24, 2.45) is 21.5 Å². The Bertz CT molecular complexity index is 1520. The molecule has 212 valence electrons. The number of guanidine groups is 2. The maximum Gasteiger partial charge on any atom is 0.304 e. The van der Waals surface area contributed by atoms with Crippen molar-refractivity contribution in [3.8, 4) is 17.6 Å². The fourth-order valence-electron chi connectivity index (χ4n) is 4.10. The smallest absolute Gasteiger partial charge is 0.304 e. The van der Waals surface area contributed by atoms with Crippen LogP contribution in [0.25, 0.3) is 0 Å². The van der Waals surface area contributed by atoms with Crippen LogP contribution in [0.2, 0.25) is 0 Å². The largest absolute Gasteiger partial charge is 0.437 e. The number of hydrogen-bond donors (Lipinski definition) is 8. The number of carbonyl (C=O) groups excluding carboxylic acids is 1. The minimum atomic E-state index is -0.933. The van der Waals surface area contributed by atoms with Gasteiger partial charge in [0, 0.05) is 20.2 Å². The number of para-hydroxylation sites is 2. The number of anilines is 2. The minimum Gasteiger partial charge on any atom is -0.437 e. The molecule has 2 aliphatic heterocycles. The van der Waals surface area contributed by atoms with Crippen LogP contribution < -0.4 is 47.1 Å². The van der Waals surface area contributed by atoms with Crippen LogP contribution in [0.15, 0.2) is 64.0 Å². The molecule has 2 aromatic rings. The molecule has 10 N–H and O–H groups in total. The van der Waals surface area contributed by atoms with Gasteiger partial charge in [-0.2, -0.15) is 10.3 Å². The van der Waals surface area contributed by atoms with Crippen LogP contribution in [-0.2, 0) is 4.79 Å². The molecule has 2 unspecified atom stereocenters. The van der Waals surface area contributed by atoms with Crippen molar-refractivity contribution in [1.82, 2.24) is 16.0 Å². The van der Waals surface area contributed by atoms with E-state index >= 15 is 0 Å². The molecule has 2 heterocycles. The van der Waals surface area contributed by atoms with Gasteiger partial charge in [-0.15, -0.1) is 0 Å². The number of nitrogens with one attached hydrogen (secondary N) is 6. The van der Waals surface area contributed by atoms with Crippen LogP contribution in [0.4, 0.5) is 11.4 Å². The second kappa shape index (κ2) is 11.9. The average Bonchev–Trinajstić information content (AvgIpc) is 2.92. The van der Waals surface area contributed by atoms with E-state index in [-0.39, 0.29) is 35.4 Å². The number of benzene rings is 2. The summed E-state index contributed by atoms with van der Waals surface area (Å²) in [5, 5.41) is 35.9. The molecule has 2 aliphatic rings. The summed E-state index contributed by atoms with van der Waals surface area (Å²) in [6.45, 7) is 1.84. The number of aliphatic imine (C=N–C) groups is 2. The zero-order chi connectivity index (χ0) is 29.7. The fraction of sp³-hybridized carbons (Fsp3) is 0.231. The normalized spacial score (nSPS) is 16.4. The summed E-state index contributed by atoms with van der Waals surface area (Å²) in [6.07, 6.45) is 0.455. The highest BCUT2D eigenvalue weighted by Crippen LogP contribution is 2.29. The van der Waals surface area contributed by atoms with Gasteiger partial charge in [0.05, 0.1) is 23.0 Å². The van der Waals surface area contributed by atoms with Crippen molar-refractivity contribution in [2.45, 2.75) is 25.4 Å². The van der Waals surface area contributed by atoms with Crippen molar-refractivity contribution < 1.29 is 14.3 Å². The quantitative estimate of drug-likeness (QED) is 0.166. The topological polar surface area (TPSA) is 235 Å². The van der Waals surface area contributed by atoms with Crippen LogP contribution in [0.1, 0.15) is 18.9 Å². The van der Waals surface area contributed by atoms with Crippen molar-refractivity contribution in [3.63, 3.8) is 0 Å². The molecular formula is C26H30N12O3. The first kappa shape index (κ1) is 28.2. The molecule has 0 fully saturated rings. The van der Waals surface area contributed by atoms with Gasteiger partial charge in [0.25, 0.3) is 11.8 Å². The first-order valence-electron chi connectivity index (χ1n) is 12.5. The number of amidine groups is 2. The van der Waals surface area contributed by atoms with Gasteiger partial charge >= 0.3 is 6.02 Å². The number of rotatable bonds is 8. The highest BCUT2D eigenvalue weighted by Gasteiger charge is 2.37. The molecular weight excluding hydrogens is 528 g/mol. The highest BCUT2D eigenvalue weighted by atomic mass is 16.5. The van der Waals surface area contributed by atoms with Gasteiger partial charge in [0.15, 0.2) is 29.5 Å². The lowest BCUT2D eigenvalue weighted by molar-refractivity contribution is -0.122. The Labute approximate surface area is 235 Å². The fourth-order valence-corrected chi connectivity index (χ4v) is 4.10. The maximum absolute atomic E-state index is 13.1. The molecule has 4 rings (SSSR count). The number of carbonyl (C=O) groups is 1. The molecule has 0 aromatic heterocycles. The summed E-state index contributed by atoms with van der Waals surface area (Å²) >= 11 is 0. The molecule has 2 atom stereocenters. The van der Waals surface area contributed by atoms with Crippen LogP contribution >= 0.6 is 0 Å². The highest BCUT2D eigenvalue weighted by molar-refractivity contribution is 6.14. The monoisotopic (exact) mass is 558 g/mol. The summed E-state index contributed by atoms with van der Waals surface area (Å²) in [5.74, 6) is -0.193. The molecule has 0 aliphatic carbocycles. The third kappa shape index (κ3) is 6.45. The van der Waals surface area contributed by atoms with Gasteiger partial charge in [-0.05, 0) is 30.7 Å². The number of nitriles is 1. The van der Waals surface area contributed by atoms with E-state index in [0.717, 1.165) is 0 Å². The predicted molar refractivity (Wildman–Crippen MR) is 155 cm³/mol. The molecule has 2 aromatic carbocycles. The third-order valence-corrected chi connectivity index (χ3v) is 5.97. The number of fused-ring (bicyclic) bond motifs is 1. The summed E-state index contributed by atoms with van der Waals surface area (Å²) in [4.78, 5) is 23.9. The Kier molecular flexibility index (Phi) is 8.23. The van der Waals surface area contributed by atoms with E-state index in [0.29, 0.717) is 34.9 Å². The van der Waals surface area contributed by atoms with Crippen molar-refractivity contribution in [1.29, 1.82) is 16.1 Å². The molecule has 0 saturated heterocycles. The summed E-state index contributed by atoms with van der Waals surface area (Å²) < 4.78 is 12.1. The van der Waals surface area contributed by atoms with Crippen molar-refractivity contribution in [3.05, 3.63) is 59.6 Å². The predicted octanol–water partition coefficient (Wildman–Crippen LogP) is 0.674. The van der Waals surface area contributed by atoms with Crippen LogP contribution in [-0.4, -0.2) is 55.9 Å². The van der Waals surface area contributed by atoms with Gasteiger partial charge in [-0.25, -0.2) is 0 Å². The van der Waals surface area contributed by atoms with Crippen molar-refractivity contribution in [2.75, 3.05) is 24.3 Å². The Morgan fingerprint density at radius 1 is 1.17 bits per heavy atom. The molecule has 0 saturated carbocycles. The lowest BCUT2D eigenvalue weighted by Crippen LogP contribution is -2.57. The molecule has 0 spiro atoms. The Morgan fingerprint density at radius 2 is 1.93 bits per heavy atom. The van der Waals surface area contributed by atoms with E-state index in [1.165, 1.54) is 0 Å². The van der Waals surface area contributed by atoms with E-state index < -0.39 is 18.0 Å². The maximum atomic E-state index is 13.1. The summed E-state index contributed by atoms with van der Waals surface area (Å²) in [6, 6.07) is 12.3. The SMILES string of the molecule is CCC(NC(=N)N)C1N=C2NC(Oc3ccccc3NC(=N)N)=NC(Oc3ccc(C#N)c(N(C)C)c3)=C2NC1=O. The van der Waals surface area contributed by atoms with Gasteiger partial charge in [0.2, 0.25) is 0 Å². The first-order chi connectivity index (χ1) is 19.6. The van der Waals surface area contributed by atoms with Gasteiger partial charge in [0.1, 0.15) is 17.5 Å². The molecule has 15 nitrogen and oxygen atoms in total. The average molecular weight is 559 g/mol. The molecule has 41 heavy (non-hydrogen) atoms.